The van der Waals surface area contributed by atoms with E-state index in [1.807, 2.05) is 68.9 Å². The van der Waals surface area contributed by atoms with Crippen LogP contribution in [0.5, 0.6) is 0 Å². The molecule has 1 aliphatic heterocycles. The van der Waals surface area contributed by atoms with Crippen molar-refractivity contribution in [3.8, 4) is 0 Å². The molecule has 0 bridgehead atoms. The van der Waals surface area contributed by atoms with E-state index in [1.54, 1.807) is 0 Å². The van der Waals surface area contributed by atoms with Crippen molar-refractivity contribution in [2.45, 2.75) is 84.2 Å². The minimum Gasteiger partial charge on any atom is -0.444 e. The average Bonchev–Trinajstić information content (AvgIpc) is 3.81. The fourth-order valence-corrected chi connectivity index (χ4v) is 7.12. The molecule has 244 valence electrons. The topological polar surface area (TPSA) is 122 Å². The fraction of sp³-hybridized carbons (Fsp3) is 0.500. The maximum atomic E-state index is 12.5. The van der Waals surface area contributed by atoms with E-state index in [0.29, 0.717) is 18.4 Å². The SMILES string of the molecule is C[C@@H]1CCCC[C@@H]1c1ncc2cnc3[nH]ccc3n12.C[C@@H]1CCN(C(=O)OC(C)(C)C)C[C@@H]1c1ncc2cnc3[nH]ccc3n12.Cl. The normalized spacial score (nSPS) is 22.2. The minimum absolute atomic E-state index is 0. The maximum absolute atomic E-state index is 12.5. The van der Waals surface area contributed by atoms with E-state index in [4.69, 9.17) is 14.7 Å². The van der Waals surface area contributed by atoms with Crippen molar-refractivity contribution in [3.05, 3.63) is 61.0 Å². The van der Waals surface area contributed by atoms with Gasteiger partial charge in [-0.3, -0.25) is 8.80 Å². The molecular formula is C34H44ClN9O2. The third-order valence-corrected chi connectivity index (χ3v) is 9.56. The van der Waals surface area contributed by atoms with Crippen LogP contribution in [0.15, 0.2) is 49.3 Å². The molecule has 6 aromatic rings. The van der Waals surface area contributed by atoms with Gasteiger partial charge in [-0.2, -0.15) is 0 Å². The van der Waals surface area contributed by atoms with Gasteiger partial charge in [-0.05, 0) is 57.6 Å². The minimum atomic E-state index is -0.487. The molecule has 7 heterocycles. The van der Waals surface area contributed by atoms with Gasteiger partial charge in [0.05, 0.1) is 46.9 Å². The Balaban J connectivity index is 0.000000165. The number of fused-ring (bicyclic) bond motifs is 6. The molecule has 2 fully saturated rings. The average molecular weight is 646 g/mol. The number of hydrogen-bond donors (Lipinski definition) is 2. The second-order valence-electron chi connectivity index (χ2n) is 13.9. The quantitative estimate of drug-likeness (QED) is 0.201. The Kier molecular flexibility index (Phi) is 8.71. The van der Waals surface area contributed by atoms with Gasteiger partial charge in [0.25, 0.3) is 0 Å². The number of aromatic nitrogens is 8. The number of H-pyrrole nitrogens is 2. The summed E-state index contributed by atoms with van der Waals surface area (Å²) in [5.74, 6) is 4.08. The van der Waals surface area contributed by atoms with Gasteiger partial charge in [0.1, 0.15) is 17.2 Å². The summed E-state index contributed by atoms with van der Waals surface area (Å²) in [6.45, 7) is 11.6. The molecule has 0 unspecified atom stereocenters. The number of piperidine rings is 1. The number of aromatic amines is 2. The predicted octanol–water partition coefficient (Wildman–Crippen LogP) is 7.50. The second kappa shape index (κ2) is 12.6. The summed E-state index contributed by atoms with van der Waals surface area (Å²) in [5.41, 5.74) is 5.51. The first-order valence-electron chi connectivity index (χ1n) is 16.2. The van der Waals surface area contributed by atoms with Crippen LogP contribution in [0.4, 0.5) is 4.79 Å². The van der Waals surface area contributed by atoms with Crippen LogP contribution >= 0.6 is 12.4 Å². The van der Waals surface area contributed by atoms with Crippen LogP contribution in [0.3, 0.4) is 0 Å². The molecule has 6 aromatic heterocycles. The van der Waals surface area contributed by atoms with Gasteiger partial charge >= 0.3 is 6.09 Å². The van der Waals surface area contributed by atoms with Crippen LogP contribution in [0.25, 0.3) is 33.4 Å². The van der Waals surface area contributed by atoms with E-state index in [1.165, 1.54) is 31.5 Å². The highest BCUT2D eigenvalue weighted by Crippen LogP contribution is 2.38. The molecule has 2 aliphatic rings. The van der Waals surface area contributed by atoms with Crippen molar-refractivity contribution >= 4 is 51.9 Å². The maximum Gasteiger partial charge on any atom is 0.410 e. The molecule has 12 heteroatoms. The van der Waals surface area contributed by atoms with Crippen molar-refractivity contribution < 1.29 is 9.53 Å². The van der Waals surface area contributed by atoms with Crippen molar-refractivity contribution in [2.24, 2.45) is 11.8 Å². The highest BCUT2D eigenvalue weighted by Gasteiger charge is 2.35. The zero-order chi connectivity index (χ0) is 31.3. The van der Waals surface area contributed by atoms with Gasteiger partial charge in [0.15, 0.2) is 11.3 Å². The summed E-state index contributed by atoms with van der Waals surface area (Å²) < 4.78 is 10.0. The van der Waals surface area contributed by atoms with Crippen molar-refractivity contribution in [2.75, 3.05) is 13.1 Å². The van der Waals surface area contributed by atoms with Gasteiger partial charge in [-0.15, -0.1) is 12.4 Å². The summed E-state index contributed by atoms with van der Waals surface area (Å²) >= 11 is 0. The first-order chi connectivity index (χ1) is 21.7. The largest absolute Gasteiger partial charge is 0.444 e. The number of nitrogens with zero attached hydrogens (tertiary/aromatic N) is 7. The van der Waals surface area contributed by atoms with Crippen LogP contribution in [0.2, 0.25) is 0 Å². The lowest BCUT2D eigenvalue weighted by Crippen LogP contribution is -2.44. The molecular weight excluding hydrogens is 602 g/mol. The molecule has 1 saturated heterocycles. The predicted molar refractivity (Wildman–Crippen MR) is 182 cm³/mol. The Hall–Kier alpha value is -4.12. The molecule has 2 N–H and O–H groups in total. The van der Waals surface area contributed by atoms with E-state index in [9.17, 15) is 4.79 Å². The molecule has 8 rings (SSSR count). The van der Waals surface area contributed by atoms with Gasteiger partial charge in [0.2, 0.25) is 0 Å². The fourth-order valence-electron chi connectivity index (χ4n) is 7.12. The molecule has 1 aliphatic carbocycles. The van der Waals surface area contributed by atoms with Crippen molar-refractivity contribution in [1.82, 2.24) is 43.6 Å². The summed E-state index contributed by atoms with van der Waals surface area (Å²) in [6, 6.07) is 4.10. The summed E-state index contributed by atoms with van der Waals surface area (Å²) in [6.07, 6.45) is 17.3. The van der Waals surface area contributed by atoms with Gasteiger partial charge < -0.3 is 19.6 Å². The molecule has 1 saturated carbocycles. The molecule has 0 aromatic carbocycles. The van der Waals surface area contributed by atoms with Gasteiger partial charge in [-0.1, -0.05) is 33.1 Å². The Bertz CT molecular complexity index is 1970. The zero-order valence-electron chi connectivity index (χ0n) is 27.2. The van der Waals surface area contributed by atoms with E-state index in [2.05, 4.69) is 48.7 Å². The lowest BCUT2D eigenvalue weighted by atomic mass is 9.80. The molecule has 0 radical (unpaired) electrons. The number of hydrogen-bond acceptors (Lipinski definition) is 6. The number of carbonyl (C=O) groups excluding carboxylic acids is 1. The van der Waals surface area contributed by atoms with Gasteiger partial charge in [0, 0.05) is 37.3 Å². The number of ether oxygens (including phenoxy) is 1. The zero-order valence-corrected chi connectivity index (χ0v) is 28.0. The Morgan fingerprint density at radius 3 is 1.87 bits per heavy atom. The van der Waals surface area contributed by atoms with E-state index >= 15 is 0 Å². The first kappa shape index (κ1) is 31.8. The Labute approximate surface area is 274 Å². The van der Waals surface area contributed by atoms with Crippen LogP contribution in [0.1, 0.15) is 90.2 Å². The van der Waals surface area contributed by atoms with Crippen LogP contribution in [0, 0.1) is 11.8 Å². The Morgan fingerprint density at radius 2 is 1.30 bits per heavy atom. The monoisotopic (exact) mass is 645 g/mol. The number of imidazole rings is 2. The highest BCUT2D eigenvalue weighted by molar-refractivity contribution is 5.85. The number of rotatable bonds is 2. The van der Waals surface area contributed by atoms with Crippen LogP contribution in [-0.4, -0.2) is 68.4 Å². The lowest BCUT2D eigenvalue weighted by molar-refractivity contribution is 0.0160. The third-order valence-electron chi connectivity index (χ3n) is 9.56. The number of carbonyl (C=O) groups is 1. The van der Waals surface area contributed by atoms with Crippen LogP contribution in [-0.2, 0) is 4.74 Å². The standard InChI is InChI=1S/C19H25N5O2.C15H18N4.ClH/c1-12-6-8-23(18(25)26-19(2,3)4)11-14(12)17-22-10-13-9-21-16-15(24(13)17)5-7-20-16;1-10-4-2-3-5-12(10)15-18-9-11-8-17-14-13(19(11)15)6-7-16-14;/h5,7,9-10,12,14,20H,6,8,11H2,1-4H3;6-10,12,16H,2-5H2,1H3;1H/t12-,14+;10-,12+;/m11./s1. The molecule has 11 nitrogen and oxygen atoms in total. The van der Waals surface area contributed by atoms with Crippen molar-refractivity contribution in [1.29, 1.82) is 0 Å². The first-order valence-corrected chi connectivity index (χ1v) is 16.2. The van der Waals surface area contributed by atoms with Crippen LogP contribution < -0.4 is 0 Å². The Morgan fingerprint density at radius 1 is 0.783 bits per heavy atom. The van der Waals surface area contributed by atoms with E-state index in [0.717, 1.165) is 58.1 Å². The molecule has 46 heavy (non-hydrogen) atoms. The smallest absolute Gasteiger partial charge is 0.410 e. The summed E-state index contributed by atoms with van der Waals surface area (Å²) in [4.78, 5) is 38.9. The molecule has 4 atom stereocenters. The second-order valence-corrected chi connectivity index (χ2v) is 13.9. The summed E-state index contributed by atoms with van der Waals surface area (Å²) in [7, 11) is 0. The lowest BCUT2D eigenvalue weighted by Gasteiger charge is -2.37. The number of halogens is 1. The highest BCUT2D eigenvalue weighted by atomic mass is 35.5. The van der Waals surface area contributed by atoms with E-state index in [-0.39, 0.29) is 24.4 Å². The van der Waals surface area contributed by atoms with Crippen molar-refractivity contribution in [3.63, 3.8) is 0 Å². The molecule has 0 spiro atoms. The third kappa shape index (κ3) is 5.92. The molecule has 1 amide bonds. The number of nitrogens with one attached hydrogen (secondary N) is 2. The van der Waals surface area contributed by atoms with Gasteiger partial charge in [-0.25, -0.2) is 24.7 Å². The number of amides is 1. The van der Waals surface area contributed by atoms with E-state index < -0.39 is 5.60 Å². The summed E-state index contributed by atoms with van der Waals surface area (Å²) in [5, 5.41) is 0. The number of likely N-dealkylation sites (tertiary alicyclic amines) is 1.